The minimum atomic E-state index is -3.18. The number of nitrogens with one attached hydrogen (secondary N) is 1. The standard InChI is InChI=1S/C15H17N5O2S/c1-23(21,22)20-6-2-3-10(9-20)14-13-11(8-18-19-14)7-17-15-12(13)4-5-16-15/h4-5,7-8,10,19H,2-3,6,9H2,1H3. The molecule has 7 nitrogen and oxygen atoms in total. The Morgan fingerprint density at radius 1 is 1.30 bits per heavy atom. The molecule has 3 aromatic heterocycles. The summed E-state index contributed by atoms with van der Waals surface area (Å²) in [6, 6.07) is 1.94. The van der Waals surface area contributed by atoms with Gasteiger partial charge in [-0.3, -0.25) is 5.10 Å². The van der Waals surface area contributed by atoms with E-state index in [9.17, 15) is 8.42 Å². The van der Waals surface area contributed by atoms with Gasteiger partial charge >= 0.3 is 0 Å². The normalized spacial score (nSPS) is 20.3. The van der Waals surface area contributed by atoms with E-state index in [1.165, 1.54) is 6.26 Å². The fourth-order valence-corrected chi connectivity index (χ4v) is 4.29. The van der Waals surface area contributed by atoms with Crippen molar-refractivity contribution in [3.63, 3.8) is 0 Å². The number of aromatic nitrogens is 4. The topological polar surface area (TPSA) is 91.8 Å². The van der Waals surface area contributed by atoms with Gasteiger partial charge in [0.25, 0.3) is 0 Å². The zero-order valence-electron chi connectivity index (χ0n) is 12.7. The number of nitrogens with zero attached hydrogens (tertiary/aromatic N) is 4. The largest absolute Gasteiger partial charge is 0.282 e. The summed E-state index contributed by atoms with van der Waals surface area (Å²) < 4.78 is 25.3. The average Bonchev–Trinajstić information content (AvgIpc) is 3.02. The monoisotopic (exact) mass is 331 g/mol. The van der Waals surface area contributed by atoms with Gasteiger partial charge in [0.2, 0.25) is 10.0 Å². The van der Waals surface area contributed by atoms with Crippen LogP contribution in [0.25, 0.3) is 21.8 Å². The van der Waals surface area contributed by atoms with Gasteiger partial charge in [-0.15, -0.1) is 0 Å². The van der Waals surface area contributed by atoms with Crippen LogP contribution in [0, 0.1) is 0 Å². The number of sulfonamides is 1. The summed E-state index contributed by atoms with van der Waals surface area (Å²) >= 11 is 0. The van der Waals surface area contributed by atoms with Crippen LogP contribution in [0.4, 0.5) is 0 Å². The van der Waals surface area contributed by atoms with Gasteiger partial charge in [-0.1, -0.05) is 0 Å². The van der Waals surface area contributed by atoms with Crippen LogP contribution in [0.2, 0.25) is 0 Å². The third kappa shape index (κ3) is 2.47. The molecule has 1 fully saturated rings. The number of piperidine rings is 1. The van der Waals surface area contributed by atoms with Gasteiger partial charge in [0.15, 0.2) is 5.65 Å². The highest BCUT2D eigenvalue weighted by Crippen LogP contribution is 2.33. The van der Waals surface area contributed by atoms with Crippen LogP contribution in [-0.2, 0) is 10.0 Å². The average molecular weight is 331 g/mol. The van der Waals surface area contributed by atoms with Gasteiger partial charge in [0.1, 0.15) is 0 Å². The molecule has 0 radical (unpaired) electrons. The number of pyridine rings is 1. The van der Waals surface area contributed by atoms with Crippen LogP contribution in [0.1, 0.15) is 24.5 Å². The lowest BCUT2D eigenvalue weighted by Gasteiger charge is -2.31. The first kappa shape index (κ1) is 14.5. The van der Waals surface area contributed by atoms with Crippen molar-refractivity contribution in [3.8, 4) is 0 Å². The molecule has 1 N–H and O–H groups in total. The molecule has 0 aliphatic carbocycles. The molecule has 3 aromatic rings. The van der Waals surface area contributed by atoms with Crippen LogP contribution in [0.5, 0.6) is 0 Å². The maximum atomic E-state index is 11.9. The first-order valence-corrected chi connectivity index (χ1v) is 9.40. The molecule has 1 aliphatic heterocycles. The number of fused-ring (bicyclic) bond motifs is 3. The lowest BCUT2D eigenvalue weighted by Crippen LogP contribution is -2.38. The van der Waals surface area contributed by atoms with Gasteiger partial charge in [-0.2, -0.15) is 5.10 Å². The molecule has 120 valence electrons. The maximum Gasteiger partial charge on any atom is 0.211 e. The number of H-pyrrole nitrogens is 1. The van der Waals surface area contributed by atoms with Gasteiger partial charge in [-0.25, -0.2) is 22.7 Å². The van der Waals surface area contributed by atoms with Crippen molar-refractivity contribution in [2.24, 2.45) is 0 Å². The molecular weight excluding hydrogens is 314 g/mol. The minimum absolute atomic E-state index is 0.0928. The van der Waals surface area contributed by atoms with Crippen molar-refractivity contribution >= 4 is 31.8 Å². The van der Waals surface area contributed by atoms with Gasteiger partial charge < -0.3 is 0 Å². The van der Waals surface area contributed by atoms with Gasteiger partial charge in [-0.05, 0) is 18.9 Å². The van der Waals surface area contributed by atoms with Crippen LogP contribution in [0.3, 0.4) is 0 Å². The lowest BCUT2D eigenvalue weighted by molar-refractivity contribution is 0.315. The van der Waals surface area contributed by atoms with E-state index in [0.717, 1.165) is 34.7 Å². The maximum absolute atomic E-state index is 11.9. The van der Waals surface area contributed by atoms with Crippen molar-refractivity contribution in [2.45, 2.75) is 18.8 Å². The van der Waals surface area contributed by atoms with Crippen molar-refractivity contribution in [2.75, 3.05) is 19.3 Å². The van der Waals surface area contributed by atoms with Crippen molar-refractivity contribution in [3.05, 3.63) is 30.4 Å². The lowest BCUT2D eigenvalue weighted by atomic mass is 9.92. The van der Waals surface area contributed by atoms with E-state index in [2.05, 4.69) is 20.2 Å². The third-order valence-electron chi connectivity index (χ3n) is 4.48. The highest BCUT2D eigenvalue weighted by atomic mass is 32.2. The molecule has 4 heterocycles. The van der Waals surface area contributed by atoms with E-state index < -0.39 is 10.0 Å². The summed E-state index contributed by atoms with van der Waals surface area (Å²) in [6.45, 7) is 1.07. The minimum Gasteiger partial charge on any atom is -0.282 e. The molecule has 0 amide bonds. The highest BCUT2D eigenvalue weighted by Gasteiger charge is 2.28. The number of rotatable bonds is 2. The molecule has 0 saturated carbocycles. The Hall–Kier alpha value is -2.06. The van der Waals surface area contributed by atoms with E-state index in [0.29, 0.717) is 18.7 Å². The molecule has 23 heavy (non-hydrogen) atoms. The van der Waals surface area contributed by atoms with Crippen LogP contribution in [-0.4, -0.2) is 52.2 Å². The summed E-state index contributed by atoms with van der Waals surface area (Å²) in [4.78, 5) is 8.60. The highest BCUT2D eigenvalue weighted by molar-refractivity contribution is 7.88. The molecular formula is C15H17N5O2S. The molecule has 0 spiro atoms. The second-order valence-corrected chi connectivity index (χ2v) is 8.00. The quantitative estimate of drug-likeness (QED) is 0.771. The van der Waals surface area contributed by atoms with E-state index in [4.69, 9.17) is 0 Å². The number of hydrogen-bond donors (Lipinski definition) is 1. The van der Waals surface area contributed by atoms with Gasteiger partial charge in [0, 0.05) is 53.3 Å². The van der Waals surface area contributed by atoms with E-state index in [1.807, 2.05) is 6.07 Å². The zero-order valence-corrected chi connectivity index (χ0v) is 13.5. The molecule has 1 atom stereocenters. The predicted octanol–water partition coefficient (Wildman–Crippen LogP) is 1.65. The van der Waals surface area contributed by atoms with E-state index in [-0.39, 0.29) is 5.92 Å². The Morgan fingerprint density at radius 3 is 3.00 bits per heavy atom. The third-order valence-corrected chi connectivity index (χ3v) is 5.75. The molecule has 0 aromatic carbocycles. The van der Waals surface area contributed by atoms with Crippen LogP contribution in [0.15, 0.2) is 24.7 Å². The summed E-state index contributed by atoms with van der Waals surface area (Å²) in [5, 5.41) is 10.3. The number of hydrogen-bond acceptors (Lipinski definition) is 5. The molecule has 8 heteroatoms. The van der Waals surface area contributed by atoms with Gasteiger partial charge in [0.05, 0.1) is 12.5 Å². The van der Waals surface area contributed by atoms with E-state index >= 15 is 0 Å². The van der Waals surface area contributed by atoms with Crippen molar-refractivity contribution in [1.82, 2.24) is 24.5 Å². The van der Waals surface area contributed by atoms with Crippen LogP contribution < -0.4 is 0 Å². The molecule has 1 unspecified atom stereocenters. The molecule has 1 aliphatic rings. The SMILES string of the molecule is CS(=O)(=O)N1CCCC(c2[nH]ncc3cnc4nccc4c23)C1. The summed E-state index contributed by atoms with van der Waals surface area (Å²) in [6.07, 6.45) is 8.30. The van der Waals surface area contributed by atoms with E-state index in [1.54, 1.807) is 22.9 Å². The Morgan fingerprint density at radius 2 is 2.17 bits per heavy atom. The summed E-state index contributed by atoms with van der Waals surface area (Å²) in [5.41, 5.74) is 1.67. The Labute approximate surface area is 133 Å². The summed E-state index contributed by atoms with van der Waals surface area (Å²) in [5.74, 6) is 0.0928. The Bertz CT molecular complexity index is 982. The zero-order chi connectivity index (χ0) is 16.0. The Balaban J connectivity index is 1.86. The summed E-state index contributed by atoms with van der Waals surface area (Å²) in [7, 11) is -3.18. The van der Waals surface area contributed by atoms with Crippen molar-refractivity contribution < 1.29 is 8.42 Å². The second-order valence-electron chi connectivity index (χ2n) is 6.01. The molecule has 0 bridgehead atoms. The predicted molar refractivity (Wildman–Crippen MR) is 87.6 cm³/mol. The number of aromatic amines is 1. The first-order chi connectivity index (χ1) is 11.0. The van der Waals surface area contributed by atoms with Crippen molar-refractivity contribution in [1.29, 1.82) is 0 Å². The molecule has 4 rings (SSSR count). The fourth-order valence-electron chi connectivity index (χ4n) is 3.38. The first-order valence-electron chi connectivity index (χ1n) is 7.56. The van der Waals surface area contributed by atoms with Crippen LogP contribution >= 0.6 is 0 Å². The second kappa shape index (κ2) is 5.24. The fraction of sp³-hybridized carbons (Fsp3) is 0.400. The molecule has 1 saturated heterocycles. The Kier molecular flexibility index (Phi) is 3.31. The smallest absolute Gasteiger partial charge is 0.211 e.